The Kier molecular flexibility index (Phi) is 5.82. The number of rotatable bonds is 7. The van der Waals surface area contributed by atoms with Crippen molar-refractivity contribution in [2.24, 2.45) is 0 Å². The van der Waals surface area contributed by atoms with Crippen LogP contribution in [-0.4, -0.2) is 12.2 Å². The number of unbranched alkanes of at least 4 members (excludes halogenated alkanes) is 1. The van der Waals surface area contributed by atoms with Gasteiger partial charge in [-0.1, -0.05) is 49.7 Å². The van der Waals surface area contributed by atoms with Gasteiger partial charge in [-0.2, -0.15) is 0 Å². The average molecular weight is 284 g/mol. The molecular weight excluding hydrogens is 260 g/mol. The molecule has 0 radical (unpaired) electrons. The minimum Gasteiger partial charge on any atom is -0.497 e. The summed E-state index contributed by atoms with van der Waals surface area (Å²) in [4.78, 5) is 0. The highest BCUT2D eigenvalue weighted by Gasteiger charge is 2.08. The first-order valence-electron chi connectivity index (χ1n) is 7.62. The Morgan fingerprint density at radius 3 is 2.14 bits per heavy atom. The quantitative estimate of drug-likeness (QED) is 0.820. The topological polar surface area (TPSA) is 29.5 Å². The SMILES string of the molecule is CCCCc1ccc(C(O)Cc2ccc(OC)cc2)cc1. The molecule has 21 heavy (non-hydrogen) atoms. The molecule has 0 fully saturated rings. The summed E-state index contributed by atoms with van der Waals surface area (Å²) in [6.45, 7) is 2.20. The Labute approximate surface area is 127 Å². The highest BCUT2D eigenvalue weighted by atomic mass is 16.5. The van der Waals surface area contributed by atoms with Crippen molar-refractivity contribution in [1.29, 1.82) is 0 Å². The van der Waals surface area contributed by atoms with Gasteiger partial charge >= 0.3 is 0 Å². The average Bonchev–Trinajstić information content (AvgIpc) is 2.54. The van der Waals surface area contributed by atoms with Crippen LogP contribution < -0.4 is 4.74 Å². The van der Waals surface area contributed by atoms with Crippen LogP contribution in [-0.2, 0) is 12.8 Å². The zero-order valence-corrected chi connectivity index (χ0v) is 12.9. The zero-order valence-electron chi connectivity index (χ0n) is 12.9. The molecule has 2 aromatic rings. The van der Waals surface area contributed by atoms with Gasteiger partial charge in [-0.05, 0) is 41.7 Å². The summed E-state index contributed by atoms with van der Waals surface area (Å²) in [6.07, 6.45) is 3.71. The number of ether oxygens (including phenoxy) is 1. The van der Waals surface area contributed by atoms with Crippen LogP contribution in [0.2, 0.25) is 0 Å². The van der Waals surface area contributed by atoms with Crippen molar-refractivity contribution >= 4 is 0 Å². The lowest BCUT2D eigenvalue weighted by Gasteiger charge is -2.12. The van der Waals surface area contributed by atoms with Crippen molar-refractivity contribution in [3.63, 3.8) is 0 Å². The minimum absolute atomic E-state index is 0.460. The van der Waals surface area contributed by atoms with Crippen molar-refractivity contribution < 1.29 is 9.84 Å². The summed E-state index contributed by atoms with van der Waals surface area (Å²) in [5.41, 5.74) is 3.43. The molecule has 1 N–H and O–H groups in total. The first-order chi connectivity index (χ1) is 10.2. The first-order valence-corrected chi connectivity index (χ1v) is 7.62. The van der Waals surface area contributed by atoms with Gasteiger partial charge < -0.3 is 9.84 Å². The van der Waals surface area contributed by atoms with Crippen molar-refractivity contribution in [3.8, 4) is 5.75 Å². The van der Waals surface area contributed by atoms with Gasteiger partial charge in [-0.15, -0.1) is 0 Å². The molecule has 0 aromatic heterocycles. The van der Waals surface area contributed by atoms with Crippen LogP contribution in [0.4, 0.5) is 0 Å². The van der Waals surface area contributed by atoms with E-state index in [1.54, 1.807) is 7.11 Å². The summed E-state index contributed by atoms with van der Waals surface area (Å²) < 4.78 is 5.14. The molecule has 0 spiro atoms. The summed E-state index contributed by atoms with van der Waals surface area (Å²) >= 11 is 0. The van der Waals surface area contributed by atoms with Gasteiger partial charge in [0.1, 0.15) is 5.75 Å². The largest absolute Gasteiger partial charge is 0.497 e. The van der Waals surface area contributed by atoms with E-state index in [2.05, 4.69) is 19.1 Å². The van der Waals surface area contributed by atoms with Crippen molar-refractivity contribution in [2.45, 2.75) is 38.7 Å². The normalized spacial score (nSPS) is 12.1. The summed E-state index contributed by atoms with van der Waals surface area (Å²) in [5, 5.41) is 10.3. The molecule has 2 aromatic carbocycles. The third-order valence-electron chi connectivity index (χ3n) is 3.77. The second-order valence-corrected chi connectivity index (χ2v) is 5.41. The maximum Gasteiger partial charge on any atom is 0.118 e. The standard InChI is InChI=1S/C19H24O2/c1-3-4-5-15-6-10-17(11-7-15)19(20)14-16-8-12-18(21-2)13-9-16/h6-13,19-20H,3-5,14H2,1-2H3. The molecule has 2 nitrogen and oxygen atoms in total. The fourth-order valence-corrected chi connectivity index (χ4v) is 2.39. The summed E-state index contributed by atoms with van der Waals surface area (Å²) in [6, 6.07) is 16.2. The smallest absolute Gasteiger partial charge is 0.118 e. The molecule has 1 unspecified atom stereocenters. The Morgan fingerprint density at radius 1 is 0.952 bits per heavy atom. The van der Waals surface area contributed by atoms with Crippen LogP contribution in [0.15, 0.2) is 48.5 Å². The molecule has 112 valence electrons. The fourth-order valence-electron chi connectivity index (χ4n) is 2.39. The molecule has 2 heteroatoms. The molecule has 0 bridgehead atoms. The van der Waals surface area contributed by atoms with Crippen LogP contribution in [0.3, 0.4) is 0 Å². The van der Waals surface area contributed by atoms with Gasteiger partial charge in [-0.25, -0.2) is 0 Å². The van der Waals surface area contributed by atoms with E-state index < -0.39 is 6.10 Å². The zero-order chi connectivity index (χ0) is 15.1. The maximum atomic E-state index is 10.3. The third kappa shape index (κ3) is 4.61. The van der Waals surface area contributed by atoms with Gasteiger partial charge in [0.2, 0.25) is 0 Å². The van der Waals surface area contributed by atoms with E-state index in [1.807, 2.05) is 36.4 Å². The van der Waals surface area contributed by atoms with Crippen LogP contribution in [0.5, 0.6) is 5.75 Å². The molecule has 0 aliphatic rings. The van der Waals surface area contributed by atoms with E-state index in [0.717, 1.165) is 23.3 Å². The number of benzene rings is 2. The third-order valence-corrected chi connectivity index (χ3v) is 3.77. The van der Waals surface area contributed by atoms with E-state index in [0.29, 0.717) is 6.42 Å². The molecular formula is C19H24O2. The lowest BCUT2D eigenvalue weighted by molar-refractivity contribution is 0.178. The van der Waals surface area contributed by atoms with E-state index >= 15 is 0 Å². The van der Waals surface area contributed by atoms with Crippen molar-refractivity contribution in [2.75, 3.05) is 7.11 Å². The maximum absolute atomic E-state index is 10.3. The van der Waals surface area contributed by atoms with Gasteiger partial charge in [0.05, 0.1) is 13.2 Å². The predicted octanol–water partition coefficient (Wildman–Crippen LogP) is 4.31. The molecule has 0 saturated heterocycles. The Morgan fingerprint density at radius 2 is 1.57 bits per heavy atom. The van der Waals surface area contributed by atoms with Gasteiger partial charge in [0.25, 0.3) is 0 Å². The van der Waals surface area contributed by atoms with Crippen LogP contribution >= 0.6 is 0 Å². The highest BCUT2D eigenvalue weighted by molar-refractivity contribution is 5.30. The summed E-state index contributed by atoms with van der Waals surface area (Å²) in [7, 11) is 1.66. The lowest BCUT2D eigenvalue weighted by atomic mass is 9.99. The fraction of sp³-hybridized carbons (Fsp3) is 0.368. The van der Waals surface area contributed by atoms with E-state index in [1.165, 1.54) is 18.4 Å². The number of aliphatic hydroxyl groups is 1. The van der Waals surface area contributed by atoms with Crippen molar-refractivity contribution in [1.82, 2.24) is 0 Å². The molecule has 1 atom stereocenters. The van der Waals surface area contributed by atoms with Gasteiger partial charge in [0, 0.05) is 6.42 Å². The number of aryl methyl sites for hydroxylation is 1. The number of hydrogen-bond donors (Lipinski definition) is 1. The first kappa shape index (κ1) is 15.6. The molecule has 0 aliphatic heterocycles. The van der Waals surface area contributed by atoms with Crippen LogP contribution in [0, 0.1) is 0 Å². The summed E-state index contributed by atoms with van der Waals surface area (Å²) in [5.74, 6) is 0.841. The lowest BCUT2D eigenvalue weighted by Crippen LogP contribution is -2.02. The number of hydrogen-bond acceptors (Lipinski definition) is 2. The second kappa shape index (κ2) is 7.84. The van der Waals surface area contributed by atoms with Gasteiger partial charge in [-0.3, -0.25) is 0 Å². The predicted molar refractivity (Wildman–Crippen MR) is 86.7 cm³/mol. The number of methoxy groups -OCH3 is 1. The van der Waals surface area contributed by atoms with E-state index in [-0.39, 0.29) is 0 Å². The minimum atomic E-state index is -0.460. The molecule has 2 rings (SSSR count). The van der Waals surface area contributed by atoms with Crippen LogP contribution in [0.1, 0.15) is 42.6 Å². The van der Waals surface area contributed by atoms with Gasteiger partial charge in [0.15, 0.2) is 0 Å². The Bertz CT molecular complexity index is 528. The monoisotopic (exact) mass is 284 g/mol. The highest BCUT2D eigenvalue weighted by Crippen LogP contribution is 2.21. The molecule has 0 aliphatic carbocycles. The van der Waals surface area contributed by atoms with E-state index in [9.17, 15) is 5.11 Å². The molecule has 0 heterocycles. The Balaban J connectivity index is 1.96. The Hall–Kier alpha value is -1.80. The molecule has 0 saturated carbocycles. The van der Waals surface area contributed by atoms with Crippen molar-refractivity contribution in [3.05, 3.63) is 65.2 Å². The molecule has 0 amide bonds. The number of aliphatic hydroxyl groups excluding tert-OH is 1. The second-order valence-electron chi connectivity index (χ2n) is 5.41. The van der Waals surface area contributed by atoms with Crippen LogP contribution in [0.25, 0.3) is 0 Å². The van der Waals surface area contributed by atoms with E-state index in [4.69, 9.17) is 4.74 Å².